The van der Waals surface area contributed by atoms with Crippen molar-refractivity contribution < 1.29 is 13.6 Å². The van der Waals surface area contributed by atoms with E-state index in [-0.39, 0.29) is 12.7 Å². The Morgan fingerprint density at radius 3 is 2.53 bits per heavy atom. The van der Waals surface area contributed by atoms with Gasteiger partial charge in [0.25, 0.3) is 0 Å². The molecule has 2 rings (SSSR count). The number of rotatable bonds is 10. The van der Waals surface area contributed by atoms with Crippen molar-refractivity contribution >= 4 is 34.6 Å². The maximum Gasteiger partial charge on any atom is 0.336 e. The molecule has 1 aliphatic rings. The molecule has 168 valence electrons. The highest BCUT2D eigenvalue weighted by Crippen LogP contribution is 2.27. The molecule has 2 unspecified atom stereocenters. The van der Waals surface area contributed by atoms with Gasteiger partial charge in [-0.2, -0.15) is 0 Å². The third-order valence-electron chi connectivity index (χ3n) is 5.27. The van der Waals surface area contributed by atoms with E-state index in [0.29, 0.717) is 18.0 Å². The Kier molecular flexibility index (Phi) is 9.45. The molecule has 0 N–H and O–H groups in total. The summed E-state index contributed by atoms with van der Waals surface area (Å²) in [5.74, 6) is 0. The number of urea groups is 1. The standard InChI is InChI=1S/C21H33ClN4O3S/c1-5-7-8-12-26(30(28)29)21(27)25-14-13-24(17(25)3)16-18-9-10-19(15-20(18)22)23(4)11-6-2/h9-10,13-15,17H,5-8,11-12,16H2,1-4H3,(H,28,29)/p-1. The van der Waals surface area contributed by atoms with Crippen molar-refractivity contribution in [2.75, 3.05) is 25.0 Å². The summed E-state index contributed by atoms with van der Waals surface area (Å²) >= 11 is 3.92. The fraction of sp³-hybridized carbons (Fsp3) is 0.571. The molecule has 2 amide bonds. The van der Waals surface area contributed by atoms with Crippen molar-refractivity contribution in [2.45, 2.75) is 59.2 Å². The molecule has 1 aliphatic heterocycles. The second kappa shape index (κ2) is 11.6. The van der Waals surface area contributed by atoms with Crippen LogP contribution in [0.15, 0.2) is 30.6 Å². The fourth-order valence-electron chi connectivity index (χ4n) is 3.41. The van der Waals surface area contributed by atoms with E-state index in [1.165, 1.54) is 4.90 Å². The van der Waals surface area contributed by atoms with Crippen LogP contribution in [0.4, 0.5) is 10.5 Å². The van der Waals surface area contributed by atoms with Gasteiger partial charge in [-0.25, -0.2) is 4.79 Å². The van der Waals surface area contributed by atoms with Crippen molar-refractivity contribution in [1.29, 1.82) is 0 Å². The van der Waals surface area contributed by atoms with Gasteiger partial charge in [0.1, 0.15) is 6.17 Å². The molecule has 0 radical (unpaired) electrons. The molecule has 1 aromatic rings. The van der Waals surface area contributed by atoms with Gasteiger partial charge < -0.3 is 14.4 Å². The van der Waals surface area contributed by atoms with Crippen LogP contribution in [-0.4, -0.2) is 55.2 Å². The van der Waals surface area contributed by atoms with E-state index < -0.39 is 17.3 Å². The normalized spacial score (nSPS) is 16.8. The molecule has 0 aliphatic carbocycles. The van der Waals surface area contributed by atoms with Gasteiger partial charge in [-0.15, -0.1) is 0 Å². The molecule has 0 fully saturated rings. The van der Waals surface area contributed by atoms with Crippen molar-refractivity contribution in [1.82, 2.24) is 14.1 Å². The number of carbonyl (C=O) groups is 1. The lowest BCUT2D eigenvalue weighted by atomic mass is 10.1. The summed E-state index contributed by atoms with van der Waals surface area (Å²) in [6, 6.07) is 5.46. The highest BCUT2D eigenvalue weighted by Gasteiger charge is 2.31. The third-order valence-corrected chi connectivity index (χ3v) is 6.32. The Hall–Kier alpha value is -1.77. The van der Waals surface area contributed by atoms with Crippen molar-refractivity contribution in [2.24, 2.45) is 0 Å². The molecular weight excluding hydrogens is 424 g/mol. The topological polar surface area (TPSA) is 70.2 Å². The molecule has 7 nitrogen and oxygen atoms in total. The highest BCUT2D eigenvalue weighted by molar-refractivity contribution is 7.77. The summed E-state index contributed by atoms with van der Waals surface area (Å²) in [5.41, 5.74) is 2.01. The minimum Gasteiger partial charge on any atom is -0.755 e. The lowest BCUT2D eigenvalue weighted by Gasteiger charge is -2.33. The number of unbranched alkanes of at least 4 members (excludes halogenated alkanes) is 2. The van der Waals surface area contributed by atoms with E-state index in [4.69, 9.17) is 11.6 Å². The number of halogens is 1. The zero-order valence-electron chi connectivity index (χ0n) is 18.2. The second-order valence-electron chi connectivity index (χ2n) is 7.52. The number of nitrogens with zero attached hydrogens (tertiary/aromatic N) is 4. The number of anilines is 1. The lowest BCUT2D eigenvalue weighted by Crippen LogP contribution is -2.47. The minimum atomic E-state index is -2.60. The maximum absolute atomic E-state index is 12.8. The summed E-state index contributed by atoms with van der Waals surface area (Å²) < 4.78 is 24.0. The molecule has 2 atom stereocenters. The largest absolute Gasteiger partial charge is 0.755 e. The van der Waals surface area contributed by atoms with Crippen LogP contribution in [0.5, 0.6) is 0 Å². The van der Waals surface area contributed by atoms with Gasteiger partial charge in [0, 0.05) is 49.8 Å². The highest BCUT2D eigenvalue weighted by atomic mass is 35.5. The van der Waals surface area contributed by atoms with E-state index in [0.717, 1.165) is 41.4 Å². The number of benzene rings is 1. The second-order valence-corrected chi connectivity index (χ2v) is 8.80. The molecule has 0 bridgehead atoms. The smallest absolute Gasteiger partial charge is 0.336 e. The Balaban J connectivity index is 2.04. The Bertz CT molecular complexity index is 777. The zero-order chi connectivity index (χ0) is 22.3. The fourth-order valence-corrected chi connectivity index (χ4v) is 4.14. The van der Waals surface area contributed by atoms with Crippen molar-refractivity contribution in [3.8, 4) is 0 Å². The molecule has 0 spiro atoms. The van der Waals surface area contributed by atoms with E-state index in [1.807, 2.05) is 44.0 Å². The summed E-state index contributed by atoms with van der Waals surface area (Å²) in [6.07, 6.45) is 6.65. The summed E-state index contributed by atoms with van der Waals surface area (Å²) in [4.78, 5) is 18.4. The predicted octanol–water partition coefficient (Wildman–Crippen LogP) is 4.53. The van der Waals surface area contributed by atoms with E-state index in [2.05, 4.69) is 11.8 Å². The van der Waals surface area contributed by atoms with Gasteiger partial charge in [-0.1, -0.05) is 44.4 Å². The quantitative estimate of drug-likeness (QED) is 0.383. The zero-order valence-corrected chi connectivity index (χ0v) is 19.8. The first-order chi connectivity index (χ1) is 14.3. The summed E-state index contributed by atoms with van der Waals surface area (Å²) in [7, 11) is 2.04. The van der Waals surface area contributed by atoms with Crippen LogP contribution in [0.1, 0.15) is 52.0 Å². The Morgan fingerprint density at radius 2 is 1.93 bits per heavy atom. The van der Waals surface area contributed by atoms with Gasteiger partial charge in [0.05, 0.1) is 11.3 Å². The number of hydrogen-bond acceptors (Lipinski definition) is 5. The average Bonchev–Trinajstić information content (AvgIpc) is 3.06. The molecule has 0 aromatic heterocycles. The average molecular weight is 456 g/mol. The van der Waals surface area contributed by atoms with Gasteiger partial charge in [0.15, 0.2) is 0 Å². The number of amides is 2. The third kappa shape index (κ3) is 6.12. The first-order valence-electron chi connectivity index (χ1n) is 10.4. The van der Waals surface area contributed by atoms with Gasteiger partial charge >= 0.3 is 6.03 Å². The molecule has 1 heterocycles. The number of carbonyl (C=O) groups excluding carboxylic acids is 1. The van der Waals surface area contributed by atoms with E-state index in [9.17, 15) is 13.6 Å². The summed E-state index contributed by atoms with van der Waals surface area (Å²) in [5, 5.41) is 0.669. The molecular formula is C21H32ClN4O3S-. The Labute approximate surface area is 187 Å². The molecule has 0 saturated carbocycles. The van der Waals surface area contributed by atoms with Gasteiger partial charge in [-0.3, -0.25) is 13.4 Å². The van der Waals surface area contributed by atoms with E-state index >= 15 is 0 Å². The first-order valence-corrected chi connectivity index (χ1v) is 11.8. The molecule has 30 heavy (non-hydrogen) atoms. The minimum absolute atomic E-state index is 0.193. The van der Waals surface area contributed by atoms with Crippen LogP contribution in [0.25, 0.3) is 0 Å². The van der Waals surface area contributed by atoms with Crippen LogP contribution in [0.2, 0.25) is 5.02 Å². The lowest BCUT2D eigenvalue weighted by molar-refractivity contribution is 0.145. The van der Waals surface area contributed by atoms with Crippen LogP contribution < -0.4 is 4.90 Å². The van der Waals surface area contributed by atoms with Gasteiger partial charge in [-0.05, 0) is 37.5 Å². The summed E-state index contributed by atoms with van der Waals surface area (Å²) in [6.45, 7) is 7.70. The number of hydrogen-bond donors (Lipinski definition) is 0. The van der Waals surface area contributed by atoms with Gasteiger partial charge in [0.2, 0.25) is 0 Å². The van der Waals surface area contributed by atoms with Crippen molar-refractivity contribution in [3.63, 3.8) is 0 Å². The SMILES string of the molecule is CCCCCN(C(=O)N1C=CN(Cc2ccc(N(C)CCC)cc2Cl)C1C)S(=O)[O-]. The van der Waals surface area contributed by atoms with Crippen LogP contribution in [0.3, 0.4) is 0 Å². The monoisotopic (exact) mass is 455 g/mol. The molecule has 1 aromatic carbocycles. The Morgan fingerprint density at radius 1 is 1.20 bits per heavy atom. The first kappa shape index (κ1) is 24.5. The van der Waals surface area contributed by atoms with Crippen molar-refractivity contribution in [3.05, 3.63) is 41.2 Å². The molecule has 0 saturated heterocycles. The predicted molar refractivity (Wildman–Crippen MR) is 122 cm³/mol. The van der Waals surface area contributed by atoms with Crippen LogP contribution in [0, 0.1) is 0 Å². The molecule has 9 heteroatoms. The van der Waals surface area contributed by atoms with E-state index in [1.54, 1.807) is 12.4 Å². The van der Waals surface area contributed by atoms with Crippen LogP contribution >= 0.6 is 11.6 Å². The van der Waals surface area contributed by atoms with Crippen LogP contribution in [-0.2, 0) is 17.8 Å². The maximum atomic E-state index is 12.8.